The minimum Gasteiger partial charge on any atom is -0.494 e. The second-order valence-corrected chi connectivity index (χ2v) is 4.93. The molecule has 3 rings (SSSR count). The number of aromatic amines is 2. The Labute approximate surface area is 121 Å². The molecule has 0 saturated carbocycles. The number of benzene rings is 1. The Kier molecular flexibility index (Phi) is 2.81. The summed E-state index contributed by atoms with van der Waals surface area (Å²) in [6.45, 7) is 0. The Hall–Kier alpha value is -2.25. The number of H-pyrrole nitrogens is 2. The summed E-state index contributed by atoms with van der Waals surface area (Å²) >= 11 is 10.6. The minimum atomic E-state index is -0.669. The van der Waals surface area contributed by atoms with Crippen LogP contribution in [0.3, 0.4) is 0 Å². The quantitative estimate of drug-likeness (QED) is 0.653. The minimum absolute atomic E-state index is 0.00694. The van der Waals surface area contributed by atoms with Crippen molar-refractivity contribution in [1.82, 2.24) is 9.97 Å². The van der Waals surface area contributed by atoms with E-state index in [-0.39, 0.29) is 15.9 Å². The highest BCUT2D eigenvalue weighted by Gasteiger charge is 2.24. The molecule has 1 amide bonds. The molecule has 1 aliphatic rings. The Bertz CT molecular complexity index is 990. The summed E-state index contributed by atoms with van der Waals surface area (Å²) in [6.07, 6.45) is 0. The van der Waals surface area contributed by atoms with E-state index in [0.29, 0.717) is 15.6 Å². The third-order valence-corrected chi connectivity index (χ3v) is 3.28. The number of aromatic nitrogens is 2. The number of hydrogen-bond donors (Lipinski definition) is 3. The zero-order chi connectivity index (χ0) is 14.4. The predicted molar refractivity (Wildman–Crippen MR) is 73.7 cm³/mol. The fourth-order valence-corrected chi connectivity index (χ4v) is 2.40. The summed E-state index contributed by atoms with van der Waals surface area (Å²) in [4.78, 5) is 32.4. The lowest BCUT2D eigenvalue weighted by Gasteiger charge is -2.02. The first-order valence-corrected chi connectivity index (χ1v) is 6.25. The number of carbonyl (C=O) groups is 1. The molecular formula is C12H6ClN3O3S. The molecule has 0 spiro atoms. The first kappa shape index (κ1) is 12.8. The maximum Gasteiger partial charge on any atom is 0.279 e. The van der Waals surface area contributed by atoms with E-state index in [2.05, 4.69) is 15.0 Å². The fraction of sp³-hybridized carbons (Fsp3) is 0. The molecule has 0 bridgehead atoms. The van der Waals surface area contributed by atoms with Gasteiger partial charge in [0.05, 0.1) is 10.9 Å². The average molecular weight is 308 g/mol. The number of nitrogens with zero attached hydrogens (tertiary/aromatic N) is 1. The molecule has 6 nitrogen and oxygen atoms in total. The van der Waals surface area contributed by atoms with Crippen LogP contribution in [0.5, 0.6) is 5.88 Å². The van der Waals surface area contributed by atoms with E-state index in [9.17, 15) is 14.7 Å². The van der Waals surface area contributed by atoms with Gasteiger partial charge in [-0.05, 0) is 30.4 Å². The third kappa shape index (κ3) is 1.87. The summed E-state index contributed by atoms with van der Waals surface area (Å²) in [5, 5.41) is 11.0. The molecule has 8 heteroatoms. The normalized spacial score (nSPS) is 13.2. The van der Waals surface area contributed by atoms with Crippen LogP contribution in [-0.2, 0) is 4.79 Å². The van der Waals surface area contributed by atoms with Gasteiger partial charge < -0.3 is 10.1 Å². The van der Waals surface area contributed by atoms with Crippen LogP contribution in [0, 0.1) is 4.77 Å². The van der Waals surface area contributed by atoms with Crippen LogP contribution in [-0.4, -0.2) is 21.0 Å². The standard InChI is InChI=1S/C12H6ClN3O3S/c13-4-1-2-6-5(3-4)7(9(17)14-6)8-10(18)15-12(20)16-11(8)19/h1-3H,(H3,15,16,18,19,20). The Morgan fingerprint density at radius 3 is 2.70 bits per heavy atom. The van der Waals surface area contributed by atoms with E-state index in [1.165, 1.54) is 6.07 Å². The highest BCUT2D eigenvalue weighted by molar-refractivity contribution is 7.71. The van der Waals surface area contributed by atoms with Crippen molar-refractivity contribution in [2.45, 2.75) is 0 Å². The van der Waals surface area contributed by atoms with Gasteiger partial charge in [0.25, 0.3) is 11.5 Å². The first-order valence-electron chi connectivity index (χ1n) is 5.46. The van der Waals surface area contributed by atoms with E-state index in [4.69, 9.17) is 23.8 Å². The van der Waals surface area contributed by atoms with Crippen LogP contribution in [0.4, 0.5) is 0 Å². The van der Waals surface area contributed by atoms with Crippen LogP contribution in [0.2, 0.25) is 5.02 Å². The van der Waals surface area contributed by atoms with Gasteiger partial charge in [-0.15, -0.1) is 0 Å². The molecule has 3 N–H and O–H groups in total. The Balaban J connectivity index is 2.50. The lowest BCUT2D eigenvalue weighted by Crippen LogP contribution is -2.25. The third-order valence-electron chi connectivity index (χ3n) is 2.84. The molecule has 0 aliphatic carbocycles. The largest absolute Gasteiger partial charge is 0.494 e. The SMILES string of the molecule is O=C1N=c2ccc(Cl)cc2=C1c1c(O)[nH]c(=S)[nH]c1=O. The van der Waals surface area contributed by atoms with Gasteiger partial charge in [-0.25, -0.2) is 4.99 Å². The molecule has 0 radical (unpaired) electrons. The molecule has 2 aromatic rings. The number of amides is 1. The van der Waals surface area contributed by atoms with E-state index in [0.717, 1.165) is 0 Å². The van der Waals surface area contributed by atoms with Crippen LogP contribution in [0.15, 0.2) is 28.0 Å². The van der Waals surface area contributed by atoms with Crippen molar-refractivity contribution in [2.75, 3.05) is 0 Å². The summed E-state index contributed by atoms with van der Waals surface area (Å²) in [5.41, 5.74) is -0.876. The fourth-order valence-electron chi connectivity index (χ4n) is 2.03. The summed E-state index contributed by atoms with van der Waals surface area (Å²) < 4.78 is -0.0365. The highest BCUT2D eigenvalue weighted by Crippen LogP contribution is 2.18. The summed E-state index contributed by atoms with van der Waals surface area (Å²) in [7, 11) is 0. The van der Waals surface area contributed by atoms with E-state index >= 15 is 0 Å². The van der Waals surface area contributed by atoms with Crippen molar-refractivity contribution < 1.29 is 9.90 Å². The van der Waals surface area contributed by atoms with Crippen molar-refractivity contribution >= 4 is 35.3 Å². The molecular weight excluding hydrogens is 302 g/mol. The van der Waals surface area contributed by atoms with Gasteiger partial charge in [0.1, 0.15) is 5.56 Å². The maximum atomic E-state index is 12.0. The van der Waals surface area contributed by atoms with Gasteiger partial charge in [-0.2, -0.15) is 0 Å². The van der Waals surface area contributed by atoms with Crippen LogP contribution in [0.1, 0.15) is 5.56 Å². The number of carbonyl (C=O) groups excluding carboxylic acids is 1. The number of fused-ring (bicyclic) bond motifs is 1. The number of rotatable bonds is 1. The van der Waals surface area contributed by atoms with Crippen LogP contribution < -0.4 is 16.1 Å². The Morgan fingerprint density at radius 2 is 2.00 bits per heavy atom. The van der Waals surface area contributed by atoms with E-state index < -0.39 is 17.3 Å². The second-order valence-electron chi connectivity index (χ2n) is 4.09. The summed E-state index contributed by atoms with van der Waals surface area (Å²) in [5.74, 6) is -1.10. The molecule has 0 unspecified atom stereocenters. The zero-order valence-corrected chi connectivity index (χ0v) is 11.3. The molecule has 20 heavy (non-hydrogen) atoms. The molecule has 0 atom stereocenters. The van der Waals surface area contributed by atoms with Gasteiger partial charge in [-0.3, -0.25) is 14.6 Å². The molecule has 0 fully saturated rings. The number of nitrogens with one attached hydrogen (secondary N) is 2. The first-order chi connectivity index (χ1) is 9.47. The number of halogens is 1. The van der Waals surface area contributed by atoms with Crippen LogP contribution >= 0.6 is 23.8 Å². The monoisotopic (exact) mass is 307 g/mol. The lowest BCUT2D eigenvalue weighted by atomic mass is 10.1. The van der Waals surface area contributed by atoms with Crippen molar-refractivity contribution in [3.05, 3.63) is 54.5 Å². The van der Waals surface area contributed by atoms with Gasteiger partial charge >= 0.3 is 0 Å². The summed E-state index contributed by atoms with van der Waals surface area (Å²) in [6, 6.07) is 4.67. The highest BCUT2D eigenvalue weighted by atomic mass is 35.5. The molecule has 1 aromatic heterocycles. The van der Waals surface area contributed by atoms with Gasteiger partial charge in [0.15, 0.2) is 4.77 Å². The number of hydrogen-bond acceptors (Lipinski definition) is 4. The predicted octanol–water partition coefficient (Wildman–Crippen LogP) is 0.150. The van der Waals surface area contributed by atoms with Crippen molar-refractivity contribution in [1.29, 1.82) is 0 Å². The molecule has 100 valence electrons. The van der Waals surface area contributed by atoms with Crippen molar-refractivity contribution in [3.63, 3.8) is 0 Å². The molecule has 1 aliphatic heterocycles. The van der Waals surface area contributed by atoms with Gasteiger partial charge in [0.2, 0.25) is 5.88 Å². The Morgan fingerprint density at radius 1 is 1.25 bits per heavy atom. The lowest BCUT2D eigenvalue weighted by molar-refractivity contribution is -0.112. The molecule has 0 saturated heterocycles. The van der Waals surface area contributed by atoms with Gasteiger partial charge in [-0.1, -0.05) is 11.6 Å². The maximum absolute atomic E-state index is 12.0. The zero-order valence-electron chi connectivity index (χ0n) is 9.73. The number of aromatic hydroxyl groups is 1. The molecule has 1 aromatic carbocycles. The van der Waals surface area contributed by atoms with Crippen molar-refractivity contribution in [3.8, 4) is 5.88 Å². The van der Waals surface area contributed by atoms with E-state index in [1.807, 2.05) is 0 Å². The van der Waals surface area contributed by atoms with E-state index in [1.54, 1.807) is 12.1 Å². The van der Waals surface area contributed by atoms with Gasteiger partial charge in [0, 0.05) is 10.2 Å². The van der Waals surface area contributed by atoms with Crippen molar-refractivity contribution in [2.24, 2.45) is 4.99 Å². The second kappa shape index (κ2) is 4.39. The molecule has 2 heterocycles. The smallest absolute Gasteiger partial charge is 0.279 e. The average Bonchev–Trinajstić information content (AvgIpc) is 2.65. The topological polar surface area (TPSA) is 98.3 Å². The van der Waals surface area contributed by atoms with Crippen LogP contribution in [0.25, 0.3) is 5.57 Å².